The molecule has 26 heavy (non-hydrogen) atoms. The molecule has 1 amide bonds. The highest BCUT2D eigenvalue weighted by Gasteiger charge is 2.35. The number of ether oxygens (including phenoxy) is 1. The number of sulfonamides is 1. The van der Waals surface area contributed by atoms with Gasteiger partial charge in [0, 0.05) is 25.6 Å². The Bertz CT molecular complexity index is 739. The van der Waals surface area contributed by atoms with E-state index in [9.17, 15) is 13.2 Å². The summed E-state index contributed by atoms with van der Waals surface area (Å²) in [6.45, 7) is 6.04. The Morgan fingerprint density at radius 1 is 1.12 bits per heavy atom. The Balaban J connectivity index is 1.65. The fourth-order valence-corrected chi connectivity index (χ4v) is 4.66. The van der Waals surface area contributed by atoms with E-state index in [1.807, 2.05) is 18.7 Å². The van der Waals surface area contributed by atoms with Gasteiger partial charge in [0.05, 0.1) is 18.9 Å². The molecule has 0 radical (unpaired) electrons. The predicted molar refractivity (Wildman–Crippen MR) is 100 cm³/mol. The lowest BCUT2D eigenvalue weighted by Gasteiger charge is -2.40. The second-order valence-corrected chi connectivity index (χ2v) is 9.51. The number of piperidine rings is 1. The molecule has 0 aromatic heterocycles. The van der Waals surface area contributed by atoms with E-state index in [-0.39, 0.29) is 24.0 Å². The molecule has 1 aromatic rings. The first kappa shape index (κ1) is 19.3. The van der Waals surface area contributed by atoms with Crippen molar-refractivity contribution < 1.29 is 17.9 Å². The van der Waals surface area contributed by atoms with E-state index in [0.717, 1.165) is 5.56 Å². The molecule has 2 heterocycles. The van der Waals surface area contributed by atoms with Gasteiger partial charge >= 0.3 is 0 Å². The number of aryl methyl sites for hydroxylation is 1. The molecule has 2 atom stereocenters. The minimum absolute atomic E-state index is 0.0184. The van der Waals surface area contributed by atoms with Crippen molar-refractivity contribution in [2.75, 3.05) is 32.4 Å². The zero-order chi connectivity index (χ0) is 18.9. The van der Waals surface area contributed by atoms with Gasteiger partial charge in [0.2, 0.25) is 15.9 Å². The molecule has 2 fully saturated rings. The molecular formula is C19H28N2O4S. The molecule has 0 aliphatic carbocycles. The van der Waals surface area contributed by atoms with Crippen LogP contribution in [-0.4, -0.2) is 62.1 Å². The Labute approximate surface area is 156 Å². The van der Waals surface area contributed by atoms with Gasteiger partial charge in [0.1, 0.15) is 6.10 Å². The van der Waals surface area contributed by atoms with E-state index in [1.54, 1.807) is 0 Å². The van der Waals surface area contributed by atoms with Gasteiger partial charge in [-0.1, -0.05) is 29.8 Å². The van der Waals surface area contributed by atoms with Crippen molar-refractivity contribution in [2.24, 2.45) is 5.92 Å². The fourth-order valence-electron chi connectivity index (χ4n) is 3.79. The molecule has 2 aliphatic rings. The van der Waals surface area contributed by atoms with Crippen LogP contribution in [0.1, 0.15) is 37.0 Å². The van der Waals surface area contributed by atoms with Crippen LogP contribution >= 0.6 is 0 Å². The molecule has 0 spiro atoms. The van der Waals surface area contributed by atoms with Crippen molar-refractivity contribution in [3.05, 3.63) is 35.4 Å². The zero-order valence-corrected chi connectivity index (χ0v) is 16.5. The van der Waals surface area contributed by atoms with Gasteiger partial charge in [0.15, 0.2) is 0 Å². The van der Waals surface area contributed by atoms with Gasteiger partial charge < -0.3 is 9.64 Å². The molecule has 1 aromatic carbocycles. The lowest BCUT2D eigenvalue weighted by molar-refractivity contribution is -0.150. The van der Waals surface area contributed by atoms with Crippen LogP contribution in [0.25, 0.3) is 0 Å². The summed E-state index contributed by atoms with van der Waals surface area (Å²) in [5.74, 6) is 0.0300. The van der Waals surface area contributed by atoms with Gasteiger partial charge in [-0.15, -0.1) is 0 Å². The Kier molecular flexibility index (Phi) is 5.69. The average Bonchev–Trinajstić information content (AvgIpc) is 2.60. The molecule has 2 unspecified atom stereocenters. The Hall–Kier alpha value is -1.44. The van der Waals surface area contributed by atoms with Gasteiger partial charge in [-0.05, 0) is 32.3 Å². The maximum absolute atomic E-state index is 13.0. The van der Waals surface area contributed by atoms with Gasteiger partial charge in [-0.2, -0.15) is 0 Å². The van der Waals surface area contributed by atoms with E-state index < -0.39 is 10.0 Å². The monoisotopic (exact) mass is 380 g/mol. The summed E-state index contributed by atoms with van der Waals surface area (Å²) < 4.78 is 30.8. The molecule has 3 rings (SSSR count). The maximum Gasteiger partial charge on any atom is 0.225 e. The van der Waals surface area contributed by atoms with Crippen LogP contribution in [0.2, 0.25) is 0 Å². The smallest absolute Gasteiger partial charge is 0.225 e. The van der Waals surface area contributed by atoms with Crippen LogP contribution in [0.15, 0.2) is 24.3 Å². The third-order valence-corrected chi connectivity index (χ3v) is 6.60. The van der Waals surface area contributed by atoms with Crippen molar-refractivity contribution in [1.29, 1.82) is 0 Å². The van der Waals surface area contributed by atoms with Crippen LogP contribution in [0.5, 0.6) is 0 Å². The first-order valence-electron chi connectivity index (χ1n) is 9.20. The summed E-state index contributed by atoms with van der Waals surface area (Å²) in [5.41, 5.74) is 2.29. The first-order valence-corrected chi connectivity index (χ1v) is 11.0. The molecule has 7 heteroatoms. The summed E-state index contributed by atoms with van der Waals surface area (Å²) in [6, 6.07) is 8.24. The SMILES string of the molecule is Cc1ccc(C2CN(C(=O)C3CCN(S(C)(=O)=O)CC3)CC(C)O2)cc1. The van der Waals surface area contributed by atoms with Gasteiger partial charge in [-0.25, -0.2) is 12.7 Å². The summed E-state index contributed by atoms with van der Waals surface area (Å²) in [5, 5.41) is 0. The fraction of sp³-hybridized carbons (Fsp3) is 0.632. The van der Waals surface area contributed by atoms with Crippen LogP contribution in [0, 0.1) is 12.8 Å². The summed E-state index contributed by atoms with van der Waals surface area (Å²) in [7, 11) is -3.17. The number of morpholine rings is 1. The van der Waals surface area contributed by atoms with E-state index in [2.05, 4.69) is 24.3 Å². The minimum Gasteiger partial charge on any atom is -0.367 e. The molecule has 0 N–H and O–H groups in total. The van der Waals surface area contributed by atoms with Crippen molar-refractivity contribution in [3.63, 3.8) is 0 Å². The number of rotatable bonds is 3. The molecule has 6 nitrogen and oxygen atoms in total. The molecule has 2 aliphatic heterocycles. The normalized spacial score (nSPS) is 26.0. The van der Waals surface area contributed by atoms with Crippen molar-refractivity contribution in [3.8, 4) is 0 Å². The quantitative estimate of drug-likeness (QED) is 0.804. The van der Waals surface area contributed by atoms with Crippen LogP contribution < -0.4 is 0 Å². The third-order valence-electron chi connectivity index (χ3n) is 5.29. The summed E-state index contributed by atoms with van der Waals surface area (Å²) in [6.07, 6.45) is 2.28. The Morgan fingerprint density at radius 2 is 1.73 bits per heavy atom. The van der Waals surface area contributed by atoms with Crippen molar-refractivity contribution in [1.82, 2.24) is 9.21 Å². The number of nitrogens with zero attached hydrogens (tertiary/aromatic N) is 2. The molecule has 2 saturated heterocycles. The predicted octanol–water partition coefficient (Wildman–Crippen LogP) is 1.96. The highest BCUT2D eigenvalue weighted by atomic mass is 32.2. The first-order chi connectivity index (χ1) is 12.2. The largest absolute Gasteiger partial charge is 0.367 e. The van der Waals surface area contributed by atoms with E-state index >= 15 is 0 Å². The van der Waals surface area contributed by atoms with Gasteiger partial charge in [-0.3, -0.25) is 4.79 Å². The van der Waals surface area contributed by atoms with Crippen molar-refractivity contribution in [2.45, 2.75) is 38.9 Å². The average molecular weight is 381 g/mol. The summed E-state index contributed by atoms with van der Waals surface area (Å²) in [4.78, 5) is 14.9. The minimum atomic E-state index is -3.17. The molecule has 0 bridgehead atoms. The highest BCUT2D eigenvalue weighted by Crippen LogP contribution is 2.28. The van der Waals surface area contributed by atoms with E-state index in [4.69, 9.17) is 4.74 Å². The number of benzene rings is 1. The van der Waals surface area contributed by atoms with Crippen LogP contribution in [0.3, 0.4) is 0 Å². The van der Waals surface area contributed by atoms with E-state index in [1.165, 1.54) is 16.1 Å². The topological polar surface area (TPSA) is 66.9 Å². The van der Waals surface area contributed by atoms with Gasteiger partial charge in [0.25, 0.3) is 0 Å². The standard InChI is InChI=1S/C19H28N2O4S/c1-14-4-6-16(7-5-14)18-13-20(12-15(2)25-18)19(22)17-8-10-21(11-9-17)26(3,23)24/h4-7,15,17-18H,8-13H2,1-3H3. The lowest BCUT2D eigenvalue weighted by Crippen LogP contribution is -2.50. The molecular weight excluding hydrogens is 352 g/mol. The number of hydrogen-bond donors (Lipinski definition) is 0. The molecule has 144 valence electrons. The number of carbonyl (C=O) groups excluding carboxylic acids is 1. The summed E-state index contributed by atoms with van der Waals surface area (Å²) >= 11 is 0. The number of hydrogen-bond acceptors (Lipinski definition) is 4. The highest BCUT2D eigenvalue weighted by molar-refractivity contribution is 7.88. The molecule has 0 saturated carbocycles. The maximum atomic E-state index is 13.0. The number of amides is 1. The second-order valence-electron chi connectivity index (χ2n) is 7.53. The second kappa shape index (κ2) is 7.66. The number of carbonyl (C=O) groups is 1. The van der Waals surface area contributed by atoms with Crippen LogP contribution in [-0.2, 0) is 19.6 Å². The zero-order valence-electron chi connectivity index (χ0n) is 15.7. The third kappa shape index (κ3) is 4.45. The Morgan fingerprint density at radius 3 is 2.31 bits per heavy atom. The van der Waals surface area contributed by atoms with E-state index in [0.29, 0.717) is 39.0 Å². The lowest BCUT2D eigenvalue weighted by atomic mass is 9.95. The van der Waals surface area contributed by atoms with Crippen LogP contribution in [0.4, 0.5) is 0 Å². The van der Waals surface area contributed by atoms with Crippen molar-refractivity contribution >= 4 is 15.9 Å².